The van der Waals surface area contributed by atoms with Gasteiger partial charge in [0.05, 0.1) is 15.6 Å². The van der Waals surface area contributed by atoms with Crippen LogP contribution in [-0.2, 0) is 16.4 Å². The second-order valence-electron chi connectivity index (χ2n) is 4.39. The molecule has 0 atom stereocenters. The molecule has 6 heteroatoms. The van der Waals surface area contributed by atoms with E-state index in [9.17, 15) is 8.42 Å². The average Bonchev–Trinajstić information content (AvgIpc) is 2.39. The highest BCUT2D eigenvalue weighted by Gasteiger charge is 2.08. The number of nitrogen functional groups attached to an aromatic ring is 1. The molecule has 0 fully saturated rings. The molecule has 0 aromatic heterocycles. The van der Waals surface area contributed by atoms with E-state index in [1.54, 1.807) is 30.3 Å². The lowest BCUT2D eigenvalue weighted by Crippen LogP contribution is -2.00. The number of anilines is 1. The standard InChI is InChI=1S/C14H14ClNO3S/c1-20(17,18)12-4-2-3-11(8-12)19-9-10-5-6-13(15)14(16)7-10/h2-8H,9,16H2,1H3. The summed E-state index contributed by atoms with van der Waals surface area (Å²) in [5.41, 5.74) is 7.05. The van der Waals surface area contributed by atoms with Gasteiger partial charge in [0.15, 0.2) is 9.84 Å². The lowest BCUT2D eigenvalue weighted by Gasteiger charge is -2.08. The summed E-state index contributed by atoms with van der Waals surface area (Å²) in [5, 5.41) is 0.493. The predicted octanol–water partition coefficient (Wildman–Crippen LogP) is 2.90. The van der Waals surface area contributed by atoms with Gasteiger partial charge >= 0.3 is 0 Å². The highest BCUT2D eigenvalue weighted by molar-refractivity contribution is 7.90. The predicted molar refractivity (Wildman–Crippen MR) is 79.7 cm³/mol. The molecular weight excluding hydrogens is 298 g/mol. The van der Waals surface area contributed by atoms with E-state index in [1.807, 2.05) is 0 Å². The van der Waals surface area contributed by atoms with Crippen molar-refractivity contribution in [1.29, 1.82) is 0 Å². The summed E-state index contributed by atoms with van der Waals surface area (Å²) < 4.78 is 28.5. The maximum atomic E-state index is 11.5. The molecule has 0 spiro atoms. The van der Waals surface area contributed by atoms with Gasteiger partial charge in [0.2, 0.25) is 0 Å². The average molecular weight is 312 g/mol. The largest absolute Gasteiger partial charge is 0.489 e. The van der Waals surface area contributed by atoms with Crippen LogP contribution >= 0.6 is 11.6 Å². The minimum atomic E-state index is -3.24. The van der Waals surface area contributed by atoms with Gasteiger partial charge in [-0.05, 0) is 35.9 Å². The quantitative estimate of drug-likeness (QED) is 0.881. The third-order valence-electron chi connectivity index (χ3n) is 2.70. The molecule has 0 saturated carbocycles. The molecule has 0 aliphatic heterocycles. The molecule has 0 unspecified atom stereocenters. The Morgan fingerprint density at radius 3 is 2.60 bits per heavy atom. The summed E-state index contributed by atoms with van der Waals surface area (Å²) in [7, 11) is -3.24. The molecule has 2 rings (SSSR count). The number of hydrogen-bond donors (Lipinski definition) is 1. The maximum Gasteiger partial charge on any atom is 0.175 e. The van der Waals surface area contributed by atoms with Gasteiger partial charge in [0, 0.05) is 6.26 Å². The summed E-state index contributed by atoms with van der Waals surface area (Å²) in [4.78, 5) is 0.227. The van der Waals surface area contributed by atoms with Crippen LogP contribution in [0.3, 0.4) is 0 Å². The molecule has 2 aromatic carbocycles. The number of halogens is 1. The topological polar surface area (TPSA) is 69.4 Å². The van der Waals surface area contributed by atoms with Gasteiger partial charge in [-0.1, -0.05) is 23.7 Å². The van der Waals surface area contributed by atoms with Crippen molar-refractivity contribution >= 4 is 27.1 Å². The number of nitrogens with two attached hydrogens (primary N) is 1. The Morgan fingerprint density at radius 2 is 1.95 bits per heavy atom. The Bertz CT molecular complexity index is 729. The van der Waals surface area contributed by atoms with Crippen LogP contribution in [0.5, 0.6) is 5.75 Å². The van der Waals surface area contributed by atoms with Gasteiger partial charge in [-0.2, -0.15) is 0 Å². The minimum absolute atomic E-state index is 0.227. The Kier molecular flexibility index (Phi) is 4.20. The summed E-state index contributed by atoms with van der Waals surface area (Å²) in [6, 6.07) is 11.6. The Labute approximate surface area is 123 Å². The van der Waals surface area contributed by atoms with E-state index in [1.165, 1.54) is 12.1 Å². The Hall–Kier alpha value is -1.72. The van der Waals surface area contributed by atoms with Crippen molar-refractivity contribution in [3.8, 4) is 5.75 Å². The van der Waals surface area contributed by atoms with Crippen molar-refractivity contribution in [2.24, 2.45) is 0 Å². The molecule has 2 aromatic rings. The molecule has 2 N–H and O–H groups in total. The highest BCUT2D eigenvalue weighted by Crippen LogP contribution is 2.22. The molecule has 0 bridgehead atoms. The normalized spacial score (nSPS) is 11.3. The lowest BCUT2D eigenvalue weighted by molar-refractivity contribution is 0.305. The van der Waals surface area contributed by atoms with Crippen molar-refractivity contribution in [1.82, 2.24) is 0 Å². The van der Waals surface area contributed by atoms with Crippen LogP contribution in [0.2, 0.25) is 5.02 Å². The van der Waals surface area contributed by atoms with E-state index in [4.69, 9.17) is 22.1 Å². The second-order valence-corrected chi connectivity index (χ2v) is 6.81. The van der Waals surface area contributed by atoms with E-state index in [-0.39, 0.29) is 11.5 Å². The zero-order chi connectivity index (χ0) is 14.8. The van der Waals surface area contributed by atoms with Crippen LogP contribution in [0, 0.1) is 0 Å². The summed E-state index contributed by atoms with van der Waals surface area (Å²) in [5.74, 6) is 0.487. The molecule has 0 aliphatic rings. The van der Waals surface area contributed by atoms with Gasteiger partial charge in [-0.25, -0.2) is 8.42 Å². The molecule has 0 saturated heterocycles. The number of sulfone groups is 1. The fourth-order valence-corrected chi connectivity index (χ4v) is 2.42. The molecule has 0 heterocycles. The molecule has 0 amide bonds. The molecule has 106 valence electrons. The summed E-state index contributed by atoms with van der Waals surface area (Å²) in [6.07, 6.45) is 1.16. The van der Waals surface area contributed by atoms with Crippen LogP contribution < -0.4 is 10.5 Å². The SMILES string of the molecule is CS(=O)(=O)c1cccc(OCc2ccc(Cl)c(N)c2)c1. The number of ether oxygens (including phenoxy) is 1. The van der Waals surface area contributed by atoms with Crippen LogP contribution in [0.4, 0.5) is 5.69 Å². The third kappa shape index (κ3) is 3.65. The van der Waals surface area contributed by atoms with Crippen molar-refractivity contribution in [2.75, 3.05) is 12.0 Å². The smallest absolute Gasteiger partial charge is 0.175 e. The van der Waals surface area contributed by atoms with Gasteiger partial charge in [-0.3, -0.25) is 0 Å². The molecule has 0 radical (unpaired) electrons. The van der Waals surface area contributed by atoms with Crippen molar-refractivity contribution < 1.29 is 13.2 Å². The summed E-state index contributed by atoms with van der Waals surface area (Å²) >= 11 is 5.84. The number of benzene rings is 2. The zero-order valence-corrected chi connectivity index (χ0v) is 12.4. The lowest BCUT2D eigenvalue weighted by atomic mass is 10.2. The molecule has 20 heavy (non-hydrogen) atoms. The van der Waals surface area contributed by atoms with Crippen molar-refractivity contribution in [3.63, 3.8) is 0 Å². The number of rotatable bonds is 4. The van der Waals surface area contributed by atoms with Gasteiger partial charge in [0.1, 0.15) is 12.4 Å². The van der Waals surface area contributed by atoms with Gasteiger partial charge in [-0.15, -0.1) is 0 Å². The zero-order valence-electron chi connectivity index (χ0n) is 10.8. The second kappa shape index (κ2) is 5.73. The molecular formula is C14H14ClNO3S. The maximum absolute atomic E-state index is 11.5. The monoisotopic (exact) mass is 311 g/mol. The Balaban J connectivity index is 2.13. The van der Waals surface area contributed by atoms with Crippen LogP contribution in [-0.4, -0.2) is 14.7 Å². The van der Waals surface area contributed by atoms with Crippen LogP contribution in [0.1, 0.15) is 5.56 Å². The minimum Gasteiger partial charge on any atom is -0.489 e. The van der Waals surface area contributed by atoms with Crippen LogP contribution in [0.25, 0.3) is 0 Å². The molecule has 0 aliphatic carbocycles. The van der Waals surface area contributed by atoms with Crippen molar-refractivity contribution in [3.05, 3.63) is 53.1 Å². The van der Waals surface area contributed by atoms with E-state index < -0.39 is 9.84 Å². The number of hydrogen-bond acceptors (Lipinski definition) is 4. The molecule has 4 nitrogen and oxygen atoms in total. The van der Waals surface area contributed by atoms with Gasteiger partial charge in [0.25, 0.3) is 0 Å². The van der Waals surface area contributed by atoms with E-state index in [0.29, 0.717) is 16.5 Å². The van der Waals surface area contributed by atoms with Crippen molar-refractivity contribution in [2.45, 2.75) is 11.5 Å². The first-order valence-corrected chi connectivity index (χ1v) is 8.10. The first kappa shape index (κ1) is 14.7. The third-order valence-corrected chi connectivity index (χ3v) is 4.15. The first-order chi connectivity index (χ1) is 9.36. The fourth-order valence-electron chi connectivity index (χ4n) is 1.64. The Morgan fingerprint density at radius 1 is 1.20 bits per heavy atom. The fraction of sp³-hybridized carbons (Fsp3) is 0.143. The van der Waals surface area contributed by atoms with E-state index >= 15 is 0 Å². The highest BCUT2D eigenvalue weighted by atomic mass is 35.5. The summed E-state index contributed by atoms with van der Waals surface area (Å²) in [6.45, 7) is 0.286. The first-order valence-electron chi connectivity index (χ1n) is 5.83. The van der Waals surface area contributed by atoms with E-state index in [0.717, 1.165) is 11.8 Å². The van der Waals surface area contributed by atoms with Gasteiger partial charge < -0.3 is 10.5 Å². The van der Waals surface area contributed by atoms with Crippen LogP contribution in [0.15, 0.2) is 47.4 Å². The van der Waals surface area contributed by atoms with E-state index in [2.05, 4.69) is 0 Å².